The Morgan fingerprint density at radius 2 is 2.08 bits per heavy atom. The molecule has 1 aliphatic carbocycles. The van der Waals surface area contributed by atoms with Gasteiger partial charge in [-0.1, -0.05) is 6.92 Å². The number of likely N-dealkylation sites (tertiary alicyclic amines) is 1. The Bertz CT molecular complexity index is 363. The van der Waals surface area contributed by atoms with Crippen LogP contribution in [-0.4, -0.2) is 63.3 Å². The normalized spacial score (nSPS) is 23.5. The summed E-state index contributed by atoms with van der Waals surface area (Å²) in [5, 5.41) is 6.84. The zero-order valence-electron chi connectivity index (χ0n) is 15.7. The van der Waals surface area contributed by atoms with E-state index in [1.165, 1.54) is 38.8 Å². The van der Waals surface area contributed by atoms with Gasteiger partial charge in [-0.25, -0.2) is 0 Å². The number of ether oxygens (including phenoxy) is 1. The maximum atomic E-state index is 5.65. The van der Waals surface area contributed by atoms with Gasteiger partial charge in [0.15, 0.2) is 5.96 Å². The van der Waals surface area contributed by atoms with Crippen LogP contribution >= 0.6 is 24.0 Å². The summed E-state index contributed by atoms with van der Waals surface area (Å²) in [5.41, 5.74) is 0. The molecule has 0 aromatic rings. The monoisotopic (exact) mass is 452 g/mol. The van der Waals surface area contributed by atoms with E-state index in [0.29, 0.717) is 6.04 Å². The smallest absolute Gasteiger partial charge is 0.191 e. The second-order valence-corrected chi connectivity index (χ2v) is 7.34. The first-order valence-corrected chi connectivity index (χ1v) is 9.45. The first-order valence-electron chi connectivity index (χ1n) is 9.45. The molecule has 1 saturated heterocycles. The van der Waals surface area contributed by atoms with Gasteiger partial charge in [-0.2, -0.15) is 0 Å². The van der Waals surface area contributed by atoms with Crippen LogP contribution in [0.2, 0.25) is 0 Å². The summed E-state index contributed by atoms with van der Waals surface area (Å²) < 4.78 is 5.65. The van der Waals surface area contributed by atoms with Gasteiger partial charge in [0.25, 0.3) is 0 Å². The highest BCUT2D eigenvalue weighted by Gasteiger charge is 2.21. The lowest BCUT2D eigenvalue weighted by Gasteiger charge is -2.35. The van der Waals surface area contributed by atoms with Crippen molar-refractivity contribution in [2.45, 2.75) is 52.0 Å². The van der Waals surface area contributed by atoms with Gasteiger partial charge in [-0.3, -0.25) is 9.89 Å². The highest BCUT2D eigenvalue weighted by Crippen LogP contribution is 2.28. The molecule has 2 N–H and O–H groups in total. The van der Waals surface area contributed by atoms with Crippen LogP contribution in [0.25, 0.3) is 0 Å². The summed E-state index contributed by atoms with van der Waals surface area (Å²) in [4.78, 5) is 6.91. The maximum absolute atomic E-state index is 5.65. The molecule has 0 aromatic carbocycles. The topological polar surface area (TPSA) is 48.9 Å². The molecule has 0 radical (unpaired) electrons. The van der Waals surface area contributed by atoms with E-state index in [2.05, 4.69) is 34.4 Å². The number of aliphatic imine (C=N–C) groups is 1. The minimum absolute atomic E-state index is 0. The summed E-state index contributed by atoms with van der Waals surface area (Å²) in [7, 11) is 1.84. The fourth-order valence-corrected chi connectivity index (χ4v) is 3.14. The minimum atomic E-state index is 0. The SMILES string of the molecule is CN=C(NCCCOCC1CC1)NCC(C)N1CCCC(C)C1.I. The molecule has 6 heteroatoms. The lowest BCUT2D eigenvalue weighted by atomic mass is 9.99. The summed E-state index contributed by atoms with van der Waals surface area (Å²) in [6.45, 7) is 10.8. The number of nitrogens with one attached hydrogen (secondary N) is 2. The molecule has 0 amide bonds. The van der Waals surface area contributed by atoms with E-state index in [4.69, 9.17) is 4.74 Å². The van der Waals surface area contributed by atoms with Crippen molar-refractivity contribution in [1.29, 1.82) is 0 Å². The summed E-state index contributed by atoms with van der Waals surface area (Å²) in [6, 6.07) is 0.554. The number of hydrogen-bond acceptors (Lipinski definition) is 3. The van der Waals surface area contributed by atoms with Crippen LogP contribution in [0.5, 0.6) is 0 Å². The average molecular weight is 452 g/mol. The number of halogens is 1. The van der Waals surface area contributed by atoms with E-state index in [1.807, 2.05) is 7.05 Å². The van der Waals surface area contributed by atoms with Crippen molar-refractivity contribution in [3.63, 3.8) is 0 Å². The fraction of sp³-hybridized carbons (Fsp3) is 0.944. The number of hydrogen-bond donors (Lipinski definition) is 2. The lowest BCUT2D eigenvalue weighted by molar-refractivity contribution is 0.123. The molecule has 0 spiro atoms. The molecule has 2 fully saturated rings. The standard InChI is InChI=1S/C18H36N4O.HI/c1-15-6-4-10-22(13-15)16(2)12-21-18(19-3)20-9-5-11-23-14-17-7-8-17;/h15-17H,4-14H2,1-3H3,(H2,19,20,21);1H. The fourth-order valence-electron chi connectivity index (χ4n) is 3.14. The first kappa shape index (κ1) is 22.0. The largest absolute Gasteiger partial charge is 0.381 e. The molecule has 0 aromatic heterocycles. The third-order valence-corrected chi connectivity index (χ3v) is 4.91. The van der Waals surface area contributed by atoms with Crippen LogP contribution in [0.3, 0.4) is 0 Å². The Morgan fingerprint density at radius 1 is 1.29 bits per heavy atom. The summed E-state index contributed by atoms with van der Waals surface area (Å²) in [6.07, 6.45) is 6.47. The average Bonchev–Trinajstić information content (AvgIpc) is 3.37. The lowest BCUT2D eigenvalue weighted by Crippen LogP contribution is -2.48. The maximum Gasteiger partial charge on any atom is 0.191 e. The van der Waals surface area contributed by atoms with Crippen molar-refractivity contribution in [1.82, 2.24) is 15.5 Å². The van der Waals surface area contributed by atoms with Crippen LogP contribution in [0.15, 0.2) is 4.99 Å². The van der Waals surface area contributed by atoms with Crippen LogP contribution in [0.4, 0.5) is 0 Å². The predicted molar refractivity (Wildman–Crippen MR) is 112 cm³/mol. The van der Waals surface area contributed by atoms with E-state index >= 15 is 0 Å². The Morgan fingerprint density at radius 3 is 2.75 bits per heavy atom. The van der Waals surface area contributed by atoms with Crippen molar-refractivity contribution >= 4 is 29.9 Å². The molecular weight excluding hydrogens is 415 g/mol. The van der Waals surface area contributed by atoms with Crippen LogP contribution in [-0.2, 0) is 4.74 Å². The van der Waals surface area contributed by atoms with Crippen molar-refractivity contribution in [2.24, 2.45) is 16.8 Å². The number of nitrogens with zero attached hydrogens (tertiary/aromatic N) is 2. The van der Waals surface area contributed by atoms with E-state index < -0.39 is 0 Å². The Balaban J connectivity index is 0.00000288. The van der Waals surface area contributed by atoms with E-state index in [9.17, 15) is 0 Å². The van der Waals surface area contributed by atoms with Crippen LogP contribution < -0.4 is 10.6 Å². The number of rotatable bonds is 9. The molecule has 0 bridgehead atoms. The van der Waals surface area contributed by atoms with Crippen molar-refractivity contribution < 1.29 is 4.74 Å². The van der Waals surface area contributed by atoms with Gasteiger partial charge in [-0.15, -0.1) is 24.0 Å². The molecule has 2 rings (SSSR count). The van der Waals surface area contributed by atoms with Gasteiger partial charge in [0.05, 0.1) is 0 Å². The molecule has 24 heavy (non-hydrogen) atoms. The highest BCUT2D eigenvalue weighted by atomic mass is 127. The molecule has 1 saturated carbocycles. The zero-order valence-corrected chi connectivity index (χ0v) is 18.1. The van der Waals surface area contributed by atoms with E-state index in [0.717, 1.165) is 50.5 Å². The Kier molecular flexibility index (Phi) is 11.3. The zero-order chi connectivity index (χ0) is 16.5. The summed E-state index contributed by atoms with van der Waals surface area (Å²) >= 11 is 0. The molecule has 142 valence electrons. The molecule has 1 heterocycles. The van der Waals surface area contributed by atoms with Gasteiger partial charge in [0.1, 0.15) is 0 Å². The Hall–Kier alpha value is -0.0800. The second kappa shape index (κ2) is 12.3. The second-order valence-electron chi connectivity index (χ2n) is 7.34. The van der Waals surface area contributed by atoms with Gasteiger partial charge >= 0.3 is 0 Å². The van der Waals surface area contributed by atoms with Gasteiger partial charge < -0.3 is 15.4 Å². The third-order valence-electron chi connectivity index (χ3n) is 4.91. The van der Waals surface area contributed by atoms with Gasteiger partial charge in [0, 0.05) is 45.9 Å². The molecular formula is C18H37IN4O. The number of guanidine groups is 1. The van der Waals surface area contributed by atoms with E-state index in [-0.39, 0.29) is 24.0 Å². The highest BCUT2D eigenvalue weighted by molar-refractivity contribution is 14.0. The van der Waals surface area contributed by atoms with Gasteiger partial charge in [0.2, 0.25) is 0 Å². The molecule has 2 atom stereocenters. The summed E-state index contributed by atoms with van der Waals surface area (Å²) in [5.74, 6) is 2.60. The minimum Gasteiger partial charge on any atom is -0.381 e. The molecule has 1 aliphatic heterocycles. The van der Waals surface area contributed by atoms with Crippen molar-refractivity contribution in [3.8, 4) is 0 Å². The van der Waals surface area contributed by atoms with Crippen LogP contribution in [0.1, 0.15) is 46.0 Å². The number of piperidine rings is 1. The van der Waals surface area contributed by atoms with Crippen LogP contribution in [0, 0.1) is 11.8 Å². The molecule has 2 aliphatic rings. The Labute approximate surface area is 165 Å². The van der Waals surface area contributed by atoms with E-state index in [1.54, 1.807) is 0 Å². The molecule has 5 nitrogen and oxygen atoms in total. The quantitative estimate of drug-likeness (QED) is 0.245. The third kappa shape index (κ3) is 8.85. The first-order chi connectivity index (χ1) is 11.2. The van der Waals surface area contributed by atoms with Crippen molar-refractivity contribution in [2.75, 3.05) is 46.4 Å². The van der Waals surface area contributed by atoms with Crippen molar-refractivity contribution in [3.05, 3.63) is 0 Å². The molecule has 2 unspecified atom stereocenters. The predicted octanol–water partition coefficient (Wildman–Crippen LogP) is 2.71. The van der Waals surface area contributed by atoms with Gasteiger partial charge in [-0.05, 0) is 57.4 Å².